The number of benzene rings is 1. The summed E-state index contributed by atoms with van der Waals surface area (Å²) >= 11 is 0. The molecule has 1 atom stereocenters. The maximum absolute atomic E-state index is 12.7. The van der Waals surface area contributed by atoms with Gasteiger partial charge in [0.05, 0.1) is 0 Å². The van der Waals surface area contributed by atoms with Crippen molar-refractivity contribution in [1.82, 2.24) is 14.8 Å². The fraction of sp³-hybridized carbons (Fsp3) is 0.368. The molecule has 24 heavy (non-hydrogen) atoms. The van der Waals surface area contributed by atoms with E-state index in [2.05, 4.69) is 15.2 Å². The molecular weight excluding hydrogens is 300 g/mol. The number of nitrogens with one attached hydrogen (secondary N) is 1. The maximum atomic E-state index is 12.7. The van der Waals surface area contributed by atoms with E-state index in [1.165, 1.54) is 19.4 Å². The van der Waals surface area contributed by atoms with E-state index in [0.717, 1.165) is 36.6 Å². The molecule has 5 heteroatoms. The van der Waals surface area contributed by atoms with Crippen molar-refractivity contribution in [2.75, 3.05) is 31.5 Å². The van der Waals surface area contributed by atoms with Crippen molar-refractivity contribution >= 4 is 17.3 Å². The molecule has 0 radical (unpaired) electrons. The lowest BCUT2D eigenvalue weighted by molar-refractivity contribution is 0.0571. The zero-order valence-corrected chi connectivity index (χ0v) is 13.7. The molecule has 2 saturated heterocycles. The normalized spacial score (nSPS) is 20.7. The third kappa shape index (κ3) is 3.12. The summed E-state index contributed by atoms with van der Waals surface area (Å²) in [5.74, 6) is 0.150. The van der Waals surface area contributed by atoms with Gasteiger partial charge in [-0.2, -0.15) is 0 Å². The molecule has 2 aliphatic rings. The second-order valence-corrected chi connectivity index (χ2v) is 6.52. The van der Waals surface area contributed by atoms with Gasteiger partial charge >= 0.3 is 0 Å². The first-order valence-electron chi connectivity index (χ1n) is 8.60. The number of hydrogen-bond acceptors (Lipinski definition) is 4. The molecule has 2 aromatic rings. The molecule has 124 valence electrons. The first kappa shape index (κ1) is 15.1. The van der Waals surface area contributed by atoms with E-state index in [-0.39, 0.29) is 5.91 Å². The molecule has 5 nitrogen and oxygen atoms in total. The summed E-state index contributed by atoms with van der Waals surface area (Å²) in [6, 6.07) is 12.1. The summed E-state index contributed by atoms with van der Waals surface area (Å²) in [5, 5.41) is 3.31. The number of carbonyl (C=O) groups excluding carboxylic acids is 1. The minimum absolute atomic E-state index is 0.150. The number of hydrogen-bond donors (Lipinski definition) is 1. The minimum Gasteiger partial charge on any atom is -0.355 e. The zero-order chi connectivity index (χ0) is 16.4. The monoisotopic (exact) mass is 322 g/mol. The zero-order valence-electron chi connectivity index (χ0n) is 13.7. The molecule has 1 aromatic carbocycles. The summed E-state index contributed by atoms with van der Waals surface area (Å²) in [6.07, 6.45) is 5.99. The van der Waals surface area contributed by atoms with Gasteiger partial charge in [-0.15, -0.1) is 0 Å². The largest absolute Gasteiger partial charge is 0.355 e. The van der Waals surface area contributed by atoms with E-state index in [0.29, 0.717) is 6.04 Å². The molecule has 4 rings (SSSR count). The van der Waals surface area contributed by atoms with Gasteiger partial charge in [-0.05, 0) is 55.8 Å². The van der Waals surface area contributed by atoms with E-state index in [1.807, 2.05) is 41.3 Å². The van der Waals surface area contributed by atoms with Crippen LogP contribution in [-0.4, -0.2) is 52.9 Å². The predicted molar refractivity (Wildman–Crippen MR) is 94.5 cm³/mol. The highest BCUT2D eigenvalue weighted by Gasteiger charge is 2.32. The summed E-state index contributed by atoms with van der Waals surface area (Å²) in [5.41, 5.74) is 2.72. The fourth-order valence-corrected chi connectivity index (χ4v) is 3.66. The Hall–Kier alpha value is -2.40. The quantitative estimate of drug-likeness (QED) is 0.944. The van der Waals surface area contributed by atoms with Crippen molar-refractivity contribution in [1.29, 1.82) is 0 Å². The number of nitrogens with zero attached hydrogens (tertiary/aromatic N) is 3. The van der Waals surface area contributed by atoms with Gasteiger partial charge in [0.2, 0.25) is 0 Å². The van der Waals surface area contributed by atoms with E-state index >= 15 is 0 Å². The van der Waals surface area contributed by atoms with Crippen LogP contribution in [0.25, 0.3) is 0 Å². The van der Waals surface area contributed by atoms with Crippen LogP contribution in [0.2, 0.25) is 0 Å². The molecule has 1 unspecified atom stereocenters. The van der Waals surface area contributed by atoms with Gasteiger partial charge in [0, 0.05) is 55.0 Å². The average molecular weight is 322 g/mol. The van der Waals surface area contributed by atoms with Crippen molar-refractivity contribution in [3.63, 3.8) is 0 Å². The van der Waals surface area contributed by atoms with Crippen LogP contribution in [0.4, 0.5) is 11.4 Å². The van der Waals surface area contributed by atoms with Crippen LogP contribution in [0.1, 0.15) is 23.2 Å². The standard InChI is InChI=1S/C19H22N4O/c24-19(23-13-12-22-11-1-2-18(22)14-23)15-3-5-16(6-4-15)21-17-7-9-20-10-8-17/h3-10,18H,1-2,11-14H2,(H,20,21). The smallest absolute Gasteiger partial charge is 0.253 e. The Bertz CT molecular complexity index is 701. The average Bonchev–Trinajstić information content (AvgIpc) is 3.10. The van der Waals surface area contributed by atoms with Crippen LogP contribution in [-0.2, 0) is 0 Å². The first-order chi connectivity index (χ1) is 11.8. The number of fused-ring (bicyclic) bond motifs is 1. The lowest BCUT2D eigenvalue weighted by atomic mass is 10.1. The Morgan fingerprint density at radius 1 is 1.00 bits per heavy atom. The Balaban J connectivity index is 1.41. The molecule has 0 bridgehead atoms. The Kier molecular flexibility index (Phi) is 4.17. The SMILES string of the molecule is O=C(c1ccc(Nc2ccncc2)cc1)N1CCN2CCCC2C1. The number of carbonyl (C=O) groups is 1. The topological polar surface area (TPSA) is 48.5 Å². The number of anilines is 2. The molecule has 2 aliphatic heterocycles. The molecule has 0 aliphatic carbocycles. The molecule has 1 N–H and O–H groups in total. The molecule has 1 amide bonds. The minimum atomic E-state index is 0.150. The van der Waals surface area contributed by atoms with Crippen molar-refractivity contribution in [3.05, 3.63) is 54.4 Å². The fourth-order valence-electron chi connectivity index (χ4n) is 3.66. The number of aromatic nitrogens is 1. The van der Waals surface area contributed by atoms with E-state index in [4.69, 9.17) is 0 Å². The highest BCUT2D eigenvalue weighted by atomic mass is 16.2. The highest BCUT2D eigenvalue weighted by molar-refractivity contribution is 5.94. The van der Waals surface area contributed by atoms with Gasteiger partial charge in [-0.3, -0.25) is 14.7 Å². The van der Waals surface area contributed by atoms with Gasteiger partial charge in [0.25, 0.3) is 5.91 Å². The first-order valence-corrected chi connectivity index (χ1v) is 8.60. The van der Waals surface area contributed by atoms with Crippen LogP contribution >= 0.6 is 0 Å². The van der Waals surface area contributed by atoms with Gasteiger partial charge in [0.15, 0.2) is 0 Å². The maximum Gasteiger partial charge on any atom is 0.253 e. The molecule has 0 spiro atoms. The summed E-state index contributed by atoms with van der Waals surface area (Å²) in [7, 11) is 0. The van der Waals surface area contributed by atoms with Gasteiger partial charge in [0.1, 0.15) is 0 Å². The van der Waals surface area contributed by atoms with Crippen molar-refractivity contribution in [2.45, 2.75) is 18.9 Å². The van der Waals surface area contributed by atoms with Crippen molar-refractivity contribution in [2.24, 2.45) is 0 Å². The second-order valence-electron chi connectivity index (χ2n) is 6.52. The van der Waals surface area contributed by atoms with Gasteiger partial charge in [-0.25, -0.2) is 0 Å². The number of rotatable bonds is 3. The number of amides is 1. The van der Waals surface area contributed by atoms with Crippen LogP contribution in [0.15, 0.2) is 48.8 Å². The third-order valence-electron chi connectivity index (χ3n) is 4.98. The highest BCUT2D eigenvalue weighted by Crippen LogP contribution is 2.23. The molecule has 3 heterocycles. The van der Waals surface area contributed by atoms with E-state index in [1.54, 1.807) is 12.4 Å². The van der Waals surface area contributed by atoms with Crippen molar-refractivity contribution < 1.29 is 4.79 Å². The van der Waals surface area contributed by atoms with Crippen molar-refractivity contribution in [3.8, 4) is 0 Å². The Morgan fingerprint density at radius 2 is 1.75 bits per heavy atom. The van der Waals surface area contributed by atoms with Crippen LogP contribution in [0.5, 0.6) is 0 Å². The summed E-state index contributed by atoms with van der Waals surface area (Å²) in [6.45, 7) is 3.92. The third-order valence-corrected chi connectivity index (χ3v) is 4.98. The number of piperazine rings is 1. The lowest BCUT2D eigenvalue weighted by Gasteiger charge is -2.37. The molecule has 0 saturated carbocycles. The lowest BCUT2D eigenvalue weighted by Crippen LogP contribution is -2.52. The van der Waals surface area contributed by atoms with Gasteiger partial charge in [-0.1, -0.05) is 0 Å². The Labute approximate surface area is 142 Å². The van der Waals surface area contributed by atoms with E-state index in [9.17, 15) is 4.79 Å². The van der Waals surface area contributed by atoms with Crippen LogP contribution in [0.3, 0.4) is 0 Å². The number of pyridine rings is 1. The summed E-state index contributed by atoms with van der Waals surface area (Å²) in [4.78, 5) is 21.3. The Morgan fingerprint density at radius 3 is 2.54 bits per heavy atom. The molecule has 2 fully saturated rings. The van der Waals surface area contributed by atoms with Crippen LogP contribution in [0, 0.1) is 0 Å². The predicted octanol–water partition coefficient (Wildman–Crippen LogP) is 2.75. The second kappa shape index (κ2) is 6.61. The molecular formula is C19H22N4O. The molecule has 1 aromatic heterocycles. The van der Waals surface area contributed by atoms with E-state index < -0.39 is 0 Å². The van der Waals surface area contributed by atoms with Crippen LogP contribution < -0.4 is 5.32 Å². The van der Waals surface area contributed by atoms with Gasteiger partial charge < -0.3 is 10.2 Å². The summed E-state index contributed by atoms with van der Waals surface area (Å²) < 4.78 is 0.